The topological polar surface area (TPSA) is 66.1 Å². The second-order valence-corrected chi connectivity index (χ2v) is 11.6. The Balaban J connectivity index is 1.40. The minimum atomic E-state index is -4.65. The number of rotatable bonds is 6. The van der Waals surface area contributed by atoms with Gasteiger partial charge in [0.2, 0.25) is 6.41 Å². The fourth-order valence-electron chi connectivity index (χ4n) is 6.47. The number of carbonyl (C=O) groups is 2. The summed E-state index contributed by atoms with van der Waals surface area (Å²) < 4.78 is 42.5. The number of hydrogen-bond donors (Lipinski definition) is 0. The minimum absolute atomic E-state index is 0.339. The van der Waals surface area contributed by atoms with Gasteiger partial charge in [0.05, 0.1) is 45.2 Å². The lowest BCUT2D eigenvalue weighted by Crippen LogP contribution is -2.31. The van der Waals surface area contributed by atoms with Crippen molar-refractivity contribution in [3.8, 4) is 34.0 Å². The van der Waals surface area contributed by atoms with Gasteiger partial charge in [-0.05, 0) is 71.6 Å². The molecule has 0 unspecified atom stereocenters. The van der Waals surface area contributed by atoms with Gasteiger partial charge < -0.3 is 4.57 Å². The van der Waals surface area contributed by atoms with Crippen molar-refractivity contribution >= 4 is 39.8 Å². The van der Waals surface area contributed by atoms with Gasteiger partial charge in [-0.1, -0.05) is 91.0 Å². The summed E-state index contributed by atoms with van der Waals surface area (Å²) in [7, 11) is 0. The van der Waals surface area contributed by atoms with Crippen molar-refractivity contribution in [3.63, 3.8) is 0 Å². The van der Waals surface area contributed by atoms with Crippen LogP contribution in [0.5, 0.6) is 0 Å². The molecule has 0 saturated carbocycles. The molecule has 0 saturated heterocycles. The molecule has 0 spiro atoms. The monoisotopic (exact) mass is 649 g/mol. The Morgan fingerprint density at radius 3 is 2.16 bits per heavy atom. The summed E-state index contributed by atoms with van der Waals surface area (Å²) in [6.45, 7) is 1.83. The summed E-state index contributed by atoms with van der Waals surface area (Å²) >= 11 is 0. The zero-order valence-electron chi connectivity index (χ0n) is 26.1. The Morgan fingerprint density at radius 1 is 0.735 bits per heavy atom. The molecule has 2 amide bonds. The molecule has 5 nitrogen and oxygen atoms in total. The second-order valence-electron chi connectivity index (χ2n) is 11.6. The van der Waals surface area contributed by atoms with Gasteiger partial charge in [0, 0.05) is 16.3 Å². The molecule has 8 heteroatoms. The maximum Gasteiger partial charge on any atom is 0.417 e. The molecule has 0 radical (unpaired) electrons. The van der Waals surface area contributed by atoms with Gasteiger partial charge >= 0.3 is 6.18 Å². The summed E-state index contributed by atoms with van der Waals surface area (Å²) in [6, 6.07) is 40.7. The number of halogens is 3. The van der Waals surface area contributed by atoms with Gasteiger partial charge in [-0.2, -0.15) is 18.4 Å². The van der Waals surface area contributed by atoms with Crippen LogP contribution in [-0.4, -0.2) is 16.9 Å². The van der Waals surface area contributed by atoms with Gasteiger partial charge in [0.15, 0.2) is 0 Å². The number of alkyl halides is 3. The highest BCUT2D eigenvalue weighted by atomic mass is 19.4. The average molecular weight is 650 g/mol. The molecule has 0 aliphatic carbocycles. The third-order valence-electron chi connectivity index (χ3n) is 8.73. The summed E-state index contributed by atoms with van der Waals surface area (Å²) in [6.07, 6.45) is -4.11. The van der Waals surface area contributed by atoms with Crippen LogP contribution in [0.25, 0.3) is 49.7 Å². The molecule has 0 fully saturated rings. The van der Waals surface area contributed by atoms with Crippen LogP contribution in [0.3, 0.4) is 0 Å². The molecule has 0 aliphatic rings. The first-order chi connectivity index (χ1) is 23.7. The fraction of sp³-hybridized carbons (Fsp3) is 0.0488. The van der Waals surface area contributed by atoms with Crippen LogP contribution < -0.4 is 4.90 Å². The molecular formula is C41H26F3N3O2. The van der Waals surface area contributed by atoms with Crippen LogP contribution in [0.4, 0.5) is 18.9 Å². The van der Waals surface area contributed by atoms with Crippen LogP contribution in [0, 0.1) is 18.3 Å². The lowest BCUT2D eigenvalue weighted by Gasteiger charge is -2.22. The number of carbonyl (C=O) groups excluding carboxylic acids is 2. The maximum absolute atomic E-state index is 14.5. The molecule has 0 atom stereocenters. The number of para-hydroxylation sites is 2. The first-order valence-corrected chi connectivity index (χ1v) is 15.4. The number of aryl methyl sites for hydroxylation is 1. The quantitative estimate of drug-likeness (QED) is 0.168. The number of anilines is 1. The molecule has 6 aromatic carbocycles. The van der Waals surface area contributed by atoms with E-state index in [1.807, 2.05) is 109 Å². The average Bonchev–Trinajstić information content (AvgIpc) is 3.45. The number of benzene rings is 6. The summed E-state index contributed by atoms with van der Waals surface area (Å²) in [5, 5.41) is 11.1. The van der Waals surface area contributed by atoms with Gasteiger partial charge in [-0.15, -0.1) is 0 Å². The van der Waals surface area contributed by atoms with E-state index >= 15 is 0 Å². The van der Waals surface area contributed by atoms with E-state index in [0.717, 1.165) is 43.9 Å². The lowest BCUT2D eigenvalue weighted by molar-refractivity contribution is -0.137. The molecule has 7 aromatic rings. The van der Waals surface area contributed by atoms with Gasteiger partial charge in [0.1, 0.15) is 0 Å². The molecular weight excluding hydrogens is 623 g/mol. The predicted molar refractivity (Wildman–Crippen MR) is 185 cm³/mol. The Labute approximate surface area is 279 Å². The zero-order valence-corrected chi connectivity index (χ0v) is 26.1. The van der Waals surface area contributed by atoms with Crippen LogP contribution in [0.1, 0.15) is 27.0 Å². The van der Waals surface area contributed by atoms with E-state index in [0.29, 0.717) is 40.0 Å². The largest absolute Gasteiger partial charge is 0.417 e. The van der Waals surface area contributed by atoms with Crippen molar-refractivity contribution in [2.45, 2.75) is 13.1 Å². The third-order valence-corrected chi connectivity index (χ3v) is 8.73. The molecule has 0 aliphatic heterocycles. The number of fused-ring (bicyclic) bond motifs is 3. The number of imide groups is 1. The van der Waals surface area contributed by atoms with Crippen molar-refractivity contribution in [3.05, 3.63) is 156 Å². The Morgan fingerprint density at radius 2 is 1.41 bits per heavy atom. The first kappa shape index (κ1) is 31.2. The maximum atomic E-state index is 14.5. The summed E-state index contributed by atoms with van der Waals surface area (Å²) in [4.78, 5) is 28.4. The van der Waals surface area contributed by atoms with Crippen molar-refractivity contribution in [2.24, 2.45) is 0 Å². The molecule has 0 N–H and O–H groups in total. The number of aromatic nitrogens is 1. The summed E-state index contributed by atoms with van der Waals surface area (Å²) in [5.41, 5.74) is 4.81. The number of hydrogen-bond acceptors (Lipinski definition) is 3. The first-order valence-electron chi connectivity index (χ1n) is 15.4. The smallest absolute Gasteiger partial charge is 0.308 e. The predicted octanol–water partition coefficient (Wildman–Crippen LogP) is 10.1. The van der Waals surface area contributed by atoms with Gasteiger partial charge in [-0.3, -0.25) is 9.59 Å². The van der Waals surface area contributed by atoms with E-state index in [1.54, 1.807) is 24.3 Å². The van der Waals surface area contributed by atoms with Crippen LogP contribution in [0.2, 0.25) is 0 Å². The van der Waals surface area contributed by atoms with Crippen LogP contribution in [0.15, 0.2) is 133 Å². The fourth-order valence-corrected chi connectivity index (χ4v) is 6.47. The van der Waals surface area contributed by atoms with E-state index in [2.05, 4.69) is 0 Å². The number of nitriles is 1. The molecule has 0 bridgehead atoms. The SMILES string of the molecule is Cc1cccc(-n2c3ccccc3c3cc(-c4ccc(C(F)(F)F)c(C#N)c4)ccc32)c1C(=O)N(C=O)c1ccccc1-c1ccccc1. The highest BCUT2D eigenvalue weighted by Gasteiger charge is 2.33. The summed E-state index contributed by atoms with van der Waals surface area (Å²) in [5.74, 6) is -0.497. The highest BCUT2D eigenvalue weighted by Crippen LogP contribution is 2.39. The molecule has 1 aromatic heterocycles. The van der Waals surface area contributed by atoms with E-state index in [4.69, 9.17) is 0 Å². The third kappa shape index (κ3) is 5.41. The molecule has 7 rings (SSSR count). The lowest BCUT2D eigenvalue weighted by atomic mass is 9.98. The highest BCUT2D eigenvalue weighted by molar-refractivity contribution is 6.20. The van der Waals surface area contributed by atoms with Crippen LogP contribution in [-0.2, 0) is 11.0 Å². The molecule has 1 heterocycles. The van der Waals surface area contributed by atoms with Crippen LogP contribution >= 0.6 is 0 Å². The van der Waals surface area contributed by atoms with Crippen molar-refractivity contribution in [1.29, 1.82) is 5.26 Å². The van der Waals surface area contributed by atoms with Gasteiger partial charge in [-0.25, -0.2) is 4.90 Å². The van der Waals surface area contributed by atoms with E-state index in [-0.39, 0.29) is 0 Å². The second kappa shape index (κ2) is 12.3. The molecule has 238 valence electrons. The van der Waals surface area contributed by atoms with E-state index in [9.17, 15) is 28.0 Å². The van der Waals surface area contributed by atoms with Gasteiger partial charge in [0.25, 0.3) is 5.91 Å². The Hall–Kier alpha value is -6.46. The minimum Gasteiger partial charge on any atom is -0.308 e. The zero-order chi connectivity index (χ0) is 34.3. The standard InChI is InChI=1S/C41H26F3N3O2/c1-26-10-9-17-38(39(26)40(49)46(25-48)35-15-7-5-13-31(35)27-11-3-2-4-12-27)47-36-16-8-6-14-32(36)33-23-29(19-21-37(33)47)28-18-20-34(41(42,43)44)30(22-28)24-45/h2-23,25H,1H3. The van der Waals surface area contributed by atoms with Crippen molar-refractivity contribution in [2.75, 3.05) is 4.90 Å². The number of amides is 2. The Bertz CT molecular complexity index is 2460. The Kier molecular flexibility index (Phi) is 7.81. The molecule has 49 heavy (non-hydrogen) atoms. The van der Waals surface area contributed by atoms with E-state index in [1.165, 1.54) is 12.1 Å². The van der Waals surface area contributed by atoms with Crippen molar-refractivity contribution in [1.82, 2.24) is 4.57 Å². The number of nitrogens with zero attached hydrogens (tertiary/aromatic N) is 3. The van der Waals surface area contributed by atoms with E-state index < -0.39 is 23.2 Å². The normalized spacial score (nSPS) is 11.4. The van der Waals surface area contributed by atoms with Crippen molar-refractivity contribution < 1.29 is 22.8 Å².